The summed E-state index contributed by atoms with van der Waals surface area (Å²) in [6.45, 7) is 8.01. The van der Waals surface area contributed by atoms with Crippen molar-refractivity contribution in [2.24, 2.45) is 5.92 Å². The maximum absolute atomic E-state index is 12.1. The zero-order valence-corrected chi connectivity index (χ0v) is 16.4. The van der Waals surface area contributed by atoms with E-state index in [1.165, 1.54) is 11.8 Å². The Morgan fingerprint density at radius 3 is 2.68 bits per heavy atom. The lowest BCUT2D eigenvalue weighted by atomic mass is 9.86. The number of hydrogen-bond acceptors (Lipinski definition) is 4. The SMILES string of the molecule is CC(C)C[C@@]1(C(=O)O)SC1NC(=O)OCC(C)(C)c1cccc(Cl)c1. The Labute approximate surface area is 157 Å². The van der Waals surface area contributed by atoms with E-state index in [4.69, 9.17) is 16.3 Å². The summed E-state index contributed by atoms with van der Waals surface area (Å²) in [5, 5.41) is 12.3. The Bertz CT molecular complexity index is 664. The van der Waals surface area contributed by atoms with Crippen LogP contribution < -0.4 is 5.32 Å². The van der Waals surface area contributed by atoms with Crippen molar-refractivity contribution in [3.63, 3.8) is 0 Å². The first kappa shape index (κ1) is 19.9. The van der Waals surface area contributed by atoms with E-state index in [2.05, 4.69) is 5.32 Å². The average molecular weight is 386 g/mol. The summed E-state index contributed by atoms with van der Waals surface area (Å²) < 4.78 is 4.40. The molecule has 138 valence electrons. The van der Waals surface area contributed by atoms with Crippen LogP contribution in [0.3, 0.4) is 0 Å². The van der Waals surface area contributed by atoms with Crippen LogP contribution in [0.1, 0.15) is 39.7 Å². The van der Waals surface area contributed by atoms with Gasteiger partial charge in [-0.1, -0.05) is 51.4 Å². The van der Waals surface area contributed by atoms with Crippen LogP contribution in [0, 0.1) is 5.92 Å². The van der Waals surface area contributed by atoms with Crippen molar-refractivity contribution in [1.29, 1.82) is 0 Å². The first-order valence-corrected chi connectivity index (χ1v) is 9.43. The Kier molecular flexibility index (Phi) is 5.94. The predicted molar refractivity (Wildman–Crippen MR) is 100 cm³/mol. The van der Waals surface area contributed by atoms with Crippen LogP contribution in [0.5, 0.6) is 0 Å². The number of carboxylic acid groups (broad SMARTS) is 1. The number of alkyl carbamates (subject to hydrolysis) is 1. The monoisotopic (exact) mass is 385 g/mol. The van der Waals surface area contributed by atoms with Crippen LogP contribution in [-0.4, -0.2) is 33.9 Å². The molecule has 0 aliphatic carbocycles. The van der Waals surface area contributed by atoms with Gasteiger partial charge in [-0.3, -0.25) is 4.79 Å². The maximum atomic E-state index is 12.1. The molecule has 0 spiro atoms. The van der Waals surface area contributed by atoms with Crippen molar-refractivity contribution in [3.8, 4) is 0 Å². The quantitative estimate of drug-likeness (QED) is 0.685. The molecule has 1 amide bonds. The first-order chi connectivity index (χ1) is 11.6. The minimum Gasteiger partial charge on any atom is -0.480 e. The second kappa shape index (κ2) is 7.46. The third kappa shape index (κ3) is 4.82. The zero-order valence-electron chi connectivity index (χ0n) is 14.8. The molecule has 5 nitrogen and oxygen atoms in total. The summed E-state index contributed by atoms with van der Waals surface area (Å²) >= 11 is 7.27. The smallest absolute Gasteiger partial charge is 0.408 e. The average Bonchev–Trinajstić information content (AvgIpc) is 3.18. The molecule has 7 heteroatoms. The lowest BCUT2D eigenvalue weighted by molar-refractivity contribution is -0.139. The van der Waals surface area contributed by atoms with Gasteiger partial charge in [-0.25, -0.2) is 4.79 Å². The molecule has 1 saturated heterocycles. The highest BCUT2D eigenvalue weighted by molar-refractivity contribution is 8.09. The standard InChI is InChI=1S/C18H24ClNO4S/c1-11(2)9-18(15(21)22)14(25-18)20-16(23)24-10-17(3,4)12-6-5-7-13(19)8-12/h5-8,11,14H,9-10H2,1-4H3,(H,20,23)(H,21,22)/t14?,18-/m1/s1. The predicted octanol–water partition coefficient (Wildman–Crippen LogP) is 4.29. The highest BCUT2D eigenvalue weighted by atomic mass is 35.5. The number of thioether (sulfide) groups is 1. The number of nitrogens with one attached hydrogen (secondary N) is 1. The summed E-state index contributed by atoms with van der Waals surface area (Å²) in [5.41, 5.74) is 0.564. The van der Waals surface area contributed by atoms with Crippen LogP contribution in [0.25, 0.3) is 0 Å². The van der Waals surface area contributed by atoms with Crippen molar-refractivity contribution < 1.29 is 19.4 Å². The van der Waals surface area contributed by atoms with Gasteiger partial charge >= 0.3 is 12.1 Å². The number of rotatable bonds is 7. The molecule has 2 atom stereocenters. The Morgan fingerprint density at radius 2 is 2.12 bits per heavy atom. The lowest BCUT2D eigenvalue weighted by Gasteiger charge is -2.25. The van der Waals surface area contributed by atoms with Gasteiger partial charge in [0, 0.05) is 10.4 Å². The van der Waals surface area contributed by atoms with E-state index in [9.17, 15) is 14.7 Å². The minimum absolute atomic E-state index is 0.167. The fraction of sp³-hybridized carbons (Fsp3) is 0.556. The van der Waals surface area contributed by atoms with Gasteiger partial charge in [0.15, 0.2) is 0 Å². The molecule has 1 unspecified atom stereocenters. The summed E-state index contributed by atoms with van der Waals surface area (Å²) in [7, 11) is 0. The van der Waals surface area contributed by atoms with Crippen LogP contribution >= 0.6 is 23.4 Å². The van der Waals surface area contributed by atoms with Crippen molar-refractivity contribution in [2.45, 2.75) is 49.7 Å². The van der Waals surface area contributed by atoms with Gasteiger partial charge in [0.2, 0.25) is 0 Å². The normalized spacial score (nSPS) is 22.6. The van der Waals surface area contributed by atoms with Crippen LogP contribution in [0.4, 0.5) is 4.79 Å². The van der Waals surface area contributed by atoms with E-state index < -0.39 is 27.6 Å². The van der Waals surface area contributed by atoms with Crippen LogP contribution in [-0.2, 0) is 14.9 Å². The largest absolute Gasteiger partial charge is 0.480 e. The molecule has 25 heavy (non-hydrogen) atoms. The number of carboxylic acids is 1. The molecular weight excluding hydrogens is 362 g/mol. The molecule has 1 aromatic carbocycles. The molecule has 0 saturated carbocycles. The topological polar surface area (TPSA) is 75.6 Å². The number of hydrogen-bond donors (Lipinski definition) is 2. The molecule has 0 radical (unpaired) electrons. The maximum Gasteiger partial charge on any atom is 0.408 e. The molecule has 1 aliphatic rings. The van der Waals surface area contributed by atoms with Gasteiger partial charge < -0.3 is 15.2 Å². The fourth-order valence-electron chi connectivity index (χ4n) is 2.72. The minimum atomic E-state index is -0.935. The molecule has 2 N–H and O–H groups in total. The van der Waals surface area contributed by atoms with E-state index in [1.54, 1.807) is 6.07 Å². The summed E-state index contributed by atoms with van der Waals surface area (Å²) in [5.74, 6) is -0.663. The number of halogens is 1. The Balaban J connectivity index is 1.90. The van der Waals surface area contributed by atoms with Gasteiger partial charge in [0.25, 0.3) is 0 Å². The summed E-state index contributed by atoms with van der Waals surface area (Å²) in [6, 6.07) is 7.42. The number of carbonyl (C=O) groups is 2. The van der Waals surface area contributed by atoms with Crippen molar-refractivity contribution in [2.75, 3.05) is 6.61 Å². The molecule has 1 aliphatic heterocycles. The number of ether oxygens (including phenoxy) is 1. The molecule has 0 aromatic heterocycles. The highest BCUT2D eigenvalue weighted by Crippen LogP contribution is 2.56. The van der Waals surface area contributed by atoms with E-state index in [1.807, 2.05) is 45.9 Å². The fourth-order valence-corrected chi connectivity index (χ4v) is 4.21. The summed E-state index contributed by atoms with van der Waals surface area (Å²) in [4.78, 5) is 23.6. The van der Waals surface area contributed by atoms with Crippen molar-refractivity contribution in [1.82, 2.24) is 5.32 Å². The van der Waals surface area contributed by atoms with Crippen molar-refractivity contribution in [3.05, 3.63) is 34.9 Å². The third-order valence-corrected chi connectivity index (χ3v) is 5.92. The van der Waals surface area contributed by atoms with Gasteiger partial charge in [-0.15, -0.1) is 11.8 Å². The Morgan fingerprint density at radius 1 is 1.44 bits per heavy atom. The second-order valence-corrected chi connectivity index (χ2v) is 9.28. The van der Waals surface area contributed by atoms with Crippen LogP contribution in [0.2, 0.25) is 5.02 Å². The molecule has 1 heterocycles. The van der Waals surface area contributed by atoms with E-state index >= 15 is 0 Å². The number of carbonyl (C=O) groups excluding carboxylic acids is 1. The van der Waals surface area contributed by atoms with E-state index in [0.717, 1.165) is 5.56 Å². The van der Waals surface area contributed by atoms with Gasteiger partial charge in [0.1, 0.15) is 16.7 Å². The molecule has 1 fully saturated rings. The summed E-state index contributed by atoms with van der Waals surface area (Å²) in [6.07, 6.45) is -0.0918. The number of amides is 1. The molecular formula is C18H24ClNO4S. The lowest BCUT2D eigenvalue weighted by Crippen LogP contribution is -2.39. The van der Waals surface area contributed by atoms with Gasteiger partial charge in [0.05, 0.1) is 0 Å². The van der Waals surface area contributed by atoms with Gasteiger partial charge in [-0.2, -0.15) is 0 Å². The third-order valence-electron chi connectivity index (χ3n) is 4.19. The Hall–Kier alpha value is -1.40. The zero-order chi connectivity index (χ0) is 18.8. The number of benzene rings is 1. The van der Waals surface area contributed by atoms with E-state index in [0.29, 0.717) is 11.4 Å². The van der Waals surface area contributed by atoms with Crippen molar-refractivity contribution >= 4 is 35.4 Å². The highest BCUT2D eigenvalue weighted by Gasteiger charge is 2.63. The van der Waals surface area contributed by atoms with Crippen LogP contribution in [0.15, 0.2) is 24.3 Å². The molecule has 2 rings (SSSR count). The molecule has 0 bridgehead atoms. The first-order valence-electron chi connectivity index (χ1n) is 8.17. The van der Waals surface area contributed by atoms with Gasteiger partial charge in [-0.05, 0) is 30.0 Å². The van der Waals surface area contributed by atoms with E-state index in [-0.39, 0.29) is 12.5 Å². The second-order valence-electron chi connectivity index (χ2n) is 7.41. The number of aliphatic carboxylic acids is 1. The molecule has 1 aromatic rings.